The molecule has 1 aromatic heterocycles. The number of carbonyl (C=O) groups excluding carboxylic acids is 2. The summed E-state index contributed by atoms with van der Waals surface area (Å²) in [6.45, 7) is 1.54. The van der Waals surface area contributed by atoms with Gasteiger partial charge in [-0.1, -0.05) is 0 Å². The largest absolute Gasteiger partial charge is 0.477 e. The Labute approximate surface area is 142 Å². The number of aliphatic hydroxyl groups is 1. The van der Waals surface area contributed by atoms with Gasteiger partial charge in [-0.25, -0.2) is 4.79 Å². The van der Waals surface area contributed by atoms with Crippen molar-refractivity contribution in [2.45, 2.75) is 25.5 Å². The van der Waals surface area contributed by atoms with Gasteiger partial charge in [0.1, 0.15) is 5.70 Å². The maximum atomic E-state index is 12.2. The third-order valence-corrected chi connectivity index (χ3v) is 5.41. The molecule has 2 aliphatic heterocycles. The molecule has 3 heterocycles. The number of carbonyl (C=O) groups is 3. The van der Waals surface area contributed by atoms with Crippen LogP contribution in [-0.4, -0.2) is 64.0 Å². The molecule has 2 aliphatic rings. The van der Waals surface area contributed by atoms with Crippen LogP contribution in [0.4, 0.5) is 0 Å². The Balaban J connectivity index is 1.97. The Bertz CT molecular complexity index is 764. The second kappa shape index (κ2) is 5.71. The summed E-state index contributed by atoms with van der Waals surface area (Å²) in [6, 6.07) is 1.34. The lowest BCUT2D eigenvalue weighted by Gasteiger charge is -2.44. The monoisotopic (exact) mass is 350 g/mol. The van der Waals surface area contributed by atoms with E-state index in [9.17, 15) is 24.6 Å². The van der Waals surface area contributed by atoms with E-state index < -0.39 is 18.0 Å². The zero-order chi connectivity index (χ0) is 17.8. The Morgan fingerprint density at radius 1 is 1.42 bits per heavy atom. The number of carboxylic acids is 1. The van der Waals surface area contributed by atoms with Crippen LogP contribution in [0.2, 0.25) is 0 Å². The van der Waals surface area contributed by atoms with Gasteiger partial charge in [-0.2, -0.15) is 0 Å². The SMILES string of the molecule is CC(O)C1C(=O)N2C(C(=O)O)=C(c3csc(C(=O)N(C)C)c3)CC12. The summed E-state index contributed by atoms with van der Waals surface area (Å²) >= 11 is 1.25. The van der Waals surface area contributed by atoms with Crippen molar-refractivity contribution in [3.05, 3.63) is 27.6 Å². The fourth-order valence-corrected chi connectivity index (χ4v) is 4.30. The number of amides is 2. The highest BCUT2D eigenvalue weighted by Gasteiger charge is 2.56. The third-order valence-electron chi connectivity index (χ3n) is 4.50. The maximum absolute atomic E-state index is 12.2. The predicted octanol–water partition coefficient (Wildman–Crippen LogP) is 0.857. The minimum absolute atomic E-state index is 0.0384. The lowest BCUT2D eigenvalue weighted by Crippen LogP contribution is -2.61. The summed E-state index contributed by atoms with van der Waals surface area (Å²) in [5.74, 6) is -2.25. The van der Waals surface area contributed by atoms with Crippen LogP contribution in [0.25, 0.3) is 5.57 Å². The second-order valence-corrected chi connectivity index (χ2v) is 7.19. The highest BCUT2D eigenvalue weighted by atomic mass is 32.1. The molecule has 0 spiro atoms. The van der Waals surface area contributed by atoms with Crippen molar-refractivity contribution in [2.24, 2.45) is 5.92 Å². The van der Waals surface area contributed by atoms with Crippen LogP contribution in [0.3, 0.4) is 0 Å². The van der Waals surface area contributed by atoms with Gasteiger partial charge in [0, 0.05) is 14.1 Å². The average molecular weight is 350 g/mol. The van der Waals surface area contributed by atoms with Crippen LogP contribution in [0.1, 0.15) is 28.6 Å². The number of fused-ring (bicyclic) bond motifs is 1. The van der Waals surface area contributed by atoms with Gasteiger partial charge in [-0.15, -0.1) is 11.3 Å². The van der Waals surface area contributed by atoms with Crippen molar-refractivity contribution in [1.82, 2.24) is 9.80 Å². The Morgan fingerprint density at radius 2 is 2.08 bits per heavy atom. The standard InChI is InChI=1S/C16H18N2O5S/c1-7(19)12-10-5-9(13(16(22)23)18(10)15(12)21)8-4-11(24-6-8)14(20)17(2)3/h4,6-7,10,12,19H,5H2,1-3H3,(H,22,23). The van der Waals surface area contributed by atoms with Crippen molar-refractivity contribution in [1.29, 1.82) is 0 Å². The van der Waals surface area contributed by atoms with Gasteiger partial charge >= 0.3 is 5.97 Å². The zero-order valence-electron chi connectivity index (χ0n) is 13.5. The molecule has 1 aromatic rings. The number of aliphatic carboxylic acids is 1. The van der Waals surface area contributed by atoms with E-state index in [1.165, 1.54) is 28.1 Å². The van der Waals surface area contributed by atoms with E-state index in [1.54, 1.807) is 25.5 Å². The summed E-state index contributed by atoms with van der Waals surface area (Å²) < 4.78 is 0. The van der Waals surface area contributed by atoms with Crippen LogP contribution in [0.15, 0.2) is 17.1 Å². The molecule has 0 aliphatic carbocycles. The van der Waals surface area contributed by atoms with E-state index in [2.05, 4.69) is 0 Å². The summed E-state index contributed by atoms with van der Waals surface area (Å²) in [4.78, 5) is 39.1. The summed E-state index contributed by atoms with van der Waals surface area (Å²) in [6.07, 6.45) is -0.448. The third kappa shape index (κ3) is 2.33. The fraction of sp³-hybridized carbons (Fsp3) is 0.438. The van der Waals surface area contributed by atoms with Gasteiger partial charge in [0.25, 0.3) is 5.91 Å². The smallest absolute Gasteiger partial charge is 0.352 e. The maximum Gasteiger partial charge on any atom is 0.352 e. The molecule has 1 fully saturated rings. The minimum atomic E-state index is -1.17. The number of β-lactam (4-membered cyclic amide) rings is 1. The molecular formula is C16H18N2O5S. The number of nitrogens with zero attached hydrogens (tertiary/aromatic N) is 2. The Hall–Kier alpha value is -2.19. The number of hydrogen-bond acceptors (Lipinski definition) is 5. The number of hydrogen-bond donors (Lipinski definition) is 2. The molecule has 1 saturated heterocycles. The van der Waals surface area contributed by atoms with Crippen molar-refractivity contribution < 1.29 is 24.6 Å². The van der Waals surface area contributed by atoms with Crippen LogP contribution in [0, 0.1) is 5.92 Å². The molecular weight excluding hydrogens is 332 g/mol. The highest BCUT2D eigenvalue weighted by Crippen LogP contribution is 2.47. The molecule has 3 atom stereocenters. The van der Waals surface area contributed by atoms with Gasteiger partial charge in [-0.3, -0.25) is 9.59 Å². The quantitative estimate of drug-likeness (QED) is 0.785. The number of thiophene rings is 1. The Kier molecular flexibility index (Phi) is 3.97. The van der Waals surface area contributed by atoms with Gasteiger partial charge in [0.2, 0.25) is 5.91 Å². The van der Waals surface area contributed by atoms with Gasteiger partial charge in [0.05, 0.1) is 22.9 Å². The van der Waals surface area contributed by atoms with Crippen LogP contribution in [0.5, 0.6) is 0 Å². The first-order valence-corrected chi connectivity index (χ1v) is 8.40. The van der Waals surface area contributed by atoms with Crippen LogP contribution >= 0.6 is 11.3 Å². The predicted molar refractivity (Wildman–Crippen MR) is 87.3 cm³/mol. The van der Waals surface area contributed by atoms with Crippen molar-refractivity contribution in [2.75, 3.05) is 14.1 Å². The zero-order valence-corrected chi connectivity index (χ0v) is 14.3. The lowest BCUT2D eigenvalue weighted by molar-refractivity contribution is -0.161. The molecule has 0 saturated carbocycles. The minimum Gasteiger partial charge on any atom is -0.477 e. The first-order valence-electron chi connectivity index (χ1n) is 7.52. The van der Waals surface area contributed by atoms with Crippen molar-refractivity contribution in [3.63, 3.8) is 0 Å². The molecule has 0 aromatic carbocycles. The first kappa shape index (κ1) is 16.7. The fourth-order valence-electron chi connectivity index (χ4n) is 3.35. The second-order valence-electron chi connectivity index (χ2n) is 6.28. The molecule has 8 heteroatoms. The molecule has 128 valence electrons. The average Bonchev–Trinajstić information content (AvgIpc) is 3.07. The molecule has 3 unspecified atom stereocenters. The first-order chi connectivity index (χ1) is 11.2. The topological polar surface area (TPSA) is 98.1 Å². The molecule has 3 rings (SSSR count). The number of carboxylic acid groups (broad SMARTS) is 1. The molecule has 2 amide bonds. The van der Waals surface area contributed by atoms with Crippen molar-refractivity contribution in [3.8, 4) is 0 Å². The molecule has 7 nitrogen and oxygen atoms in total. The normalized spacial score (nSPS) is 23.8. The summed E-state index contributed by atoms with van der Waals surface area (Å²) in [5, 5.41) is 21.0. The van der Waals surface area contributed by atoms with Gasteiger partial charge in [-0.05, 0) is 35.9 Å². The number of aliphatic hydroxyl groups excluding tert-OH is 1. The van der Waals surface area contributed by atoms with Crippen molar-refractivity contribution >= 4 is 34.7 Å². The molecule has 24 heavy (non-hydrogen) atoms. The molecule has 0 bridgehead atoms. The summed E-state index contributed by atoms with van der Waals surface area (Å²) in [5.41, 5.74) is 1.15. The van der Waals surface area contributed by atoms with Gasteiger partial charge < -0.3 is 20.0 Å². The van der Waals surface area contributed by atoms with Crippen LogP contribution in [-0.2, 0) is 9.59 Å². The van der Waals surface area contributed by atoms with E-state index in [4.69, 9.17) is 0 Å². The van der Waals surface area contributed by atoms with E-state index in [0.717, 1.165) is 0 Å². The van der Waals surface area contributed by atoms with Crippen LogP contribution < -0.4 is 0 Å². The van der Waals surface area contributed by atoms with E-state index in [-0.39, 0.29) is 23.6 Å². The summed E-state index contributed by atoms with van der Waals surface area (Å²) in [7, 11) is 3.30. The number of rotatable bonds is 4. The lowest BCUT2D eigenvalue weighted by atomic mass is 9.82. The van der Waals surface area contributed by atoms with Gasteiger partial charge in [0.15, 0.2) is 0 Å². The Morgan fingerprint density at radius 3 is 2.62 bits per heavy atom. The van der Waals surface area contributed by atoms with E-state index in [0.29, 0.717) is 22.4 Å². The highest BCUT2D eigenvalue weighted by molar-refractivity contribution is 7.12. The molecule has 0 radical (unpaired) electrons. The molecule has 2 N–H and O–H groups in total. The van der Waals surface area contributed by atoms with E-state index in [1.807, 2.05) is 0 Å². The van der Waals surface area contributed by atoms with E-state index >= 15 is 0 Å².